The van der Waals surface area contributed by atoms with Crippen LogP contribution in [0.3, 0.4) is 0 Å². The molecule has 0 aliphatic heterocycles. The predicted molar refractivity (Wildman–Crippen MR) is 98.6 cm³/mol. The Morgan fingerprint density at radius 1 is 1.08 bits per heavy atom. The predicted octanol–water partition coefficient (Wildman–Crippen LogP) is 4.13. The Hall–Kier alpha value is -2.92. The zero-order chi connectivity index (χ0) is 17.2. The van der Waals surface area contributed by atoms with Gasteiger partial charge in [0.2, 0.25) is 5.89 Å². The molecule has 2 aromatic heterocycles. The van der Waals surface area contributed by atoms with E-state index in [1.807, 2.05) is 36.7 Å². The molecule has 5 heteroatoms. The zero-order valence-electron chi connectivity index (χ0n) is 14.4. The van der Waals surface area contributed by atoms with Gasteiger partial charge in [-0.05, 0) is 50.0 Å². The molecule has 0 aliphatic carbocycles. The standard InChI is InChI=1S/C20H20N4O/c1-3-23(2)12-16-13-25-20(22-16)15-8-10-17(11-9-15)24-14-21-18-6-4-5-7-19(18)24/h4-11,13-14H,3,12H2,1-2H3. The molecule has 4 aromatic rings. The van der Waals surface area contributed by atoms with Gasteiger partial charge in [0, 0.05) is 17.8 Å². The summed E-state index contributed by atoms with van der Waals surface area (Å²) in [5.74, 6) is 0.654. The lowest BCUT2D eigenvalue weighted by atomic mass is 10.2. The van der Waals surface area contributed by atoms with Crippen LogP contribution in [0.2, 0.25) is 0 Å². The lowest BCUT2D eigenvalue weighted by Gasteiger charge is -2.10. The summed E-state index contributed by atoms with van der Waals surface area (Å²) in [7, 11) is 2.07. The van der Waals surface area contributed by atoms with Crippen molar-refractivity contribution < 1.29 is 4.42 Å². The number of hydrogen-bond donors (Lipinski definition) is 0. The maximum Gasteiger partial charge on any atom is 0.226 e. The van der Waals surface area contributed by atoms with E-state index in [1.165, 1.54) is 0 Å². The molecule has 0 amide bonds. The molecular weight excluding hydrogens is 312 g/mol. The number of nitrogens with zero attached hydrogens (tertiary/aromatic N) is 4. The van der Waals surface area contributed by atoms with E-state index >= 15 is 0 Å². The highest BCUT2D eigenvalue weighted by molar-refractivity contribution is 5.77. The molecule has 4 rings (SSSR count). The first-order chi connectivity index (χ1) is 12.2. The average molecular weight is 332 g/mol. The Balaban J connectivity index is 1.60. The highest BCUT2D eigenvalue weighted by Gasteiger charge is 2.09. The number of hydrogen-bond acceptors (Lipinski definition) is 4. The molecule has 0 aliphatic rings. The van der Waals surface area contributed by atoms with Crippen LogP contribution in [-0.2, 0) is 6.54 Å². The summed E-state index contributed by atoms with van der Waals surface area (Å²) in [5.41, 5.74) is 5.07. The third-order valence-corrected chi connectivity index (χ3v) is 4.37. The summed E-state index contributed by atoms with van der Waals surface area (Å²) in [5, 5.41) is 0. The van der Waals surface area contributed by atoms with Crippen molar-refractivity contribution in [3.8, 4) is 17.1 Å². The van der Waals surface area contributed by atoms with Crippen molar-refractivity contribution in [3.05, 3.63) is 66.8 Å². The SMILES string of the molecule is CCN(C)Cc1coc(-c2ccc(-n3cnc4ccccc43)cc2)n1. The van der Waals surface area contributed by atoms with E-state index in [-0.39, 0.29) is 0 Å². The number of benzene rings is 2. The van der Waals surface area contributed by atoms with Crippen LogP contribution in [0.5, 0.6) is 0 Å². The second kappa shape index (κ2) is 6.53. The molecular formula is C20H20N4O. The van der Waals surface area contributed by atoms with E-state index in [2.05, 4.69) is 51.6 Å². The van der Waals surface area contributed by atoms with Gasteiger partial charge in [0.1, 0.15) is 12.6 Å². The van der Waals surface area contributed by atoms with Crippen LogP contribution in [0.25, 0.3) is 28.2 Å². The molecule has 2 heterocycles. The number of imidazole rings is 1. The first kappa shape index (κ1) is 15.6. The second-order valence-corrected chi connectivity index (χ2v) is 6.12. The Morgan fingerprint density at radius 3 is 2.68 bits per heavy atom. The summed E-state index contributed by atoms with van der Waals surface area (Å²) < 4.78 is 7.72. The number of oxazole rings is 1. The minimum Gasteiger partial charge on any atom is -0.444 e. The minimum absolute atomic E-state index is 0.654. The van der Waals surface area contributed by atoms with Crippen molar-refractivity contribution in [1.29, 1.82) is 0 Å². The third-order valence-electron chi connectivity index (χ3n) is 4.37. The highest BCUT2D eigenvalue weighted by atomic mass is 16.3. The number of para-hydroxylation sites is 2. The lowest BCUT2D eigenvalue weighted by molar-refractivity contribution is 0.341. The minimum atomic E-state index is 0.654. The molecule has 5 nitrogen and oxygen atoms in total. The quantitative estimate of drug-likeness (QED) is 0.551. The fourth-order valence-electron chi connectivity index (χ4n) is 2.83. The van der Waals surface area contributed by atoms with Crippen molar-refractivity contribution in [2.45, 2.75) is 13.5 Å². The van der Waals surface area contributed by atoms with Crippen molar-refractivity contribution in [2.24, 2.45) is 0 Å². The molecule has 0 N–H and O–H groups in total. The van der Waals surface area contributed by atoms with Gasteiger partial charge in [-0.1, -0.05) is 19.1 Å². The fraction of sp³-hybridized carbons (Fsp3) is 0.200. The summed E-state index contributed by atoms with van der Waals surface area (Å²) in [6.45, 7) is 3.90. The van der Waals surface area contributed by atoms with Gasteiger partial charge in [-0.15, -0.1) is 0 Å². The number of rotatable bonds is 5. The zero-order valence-corrected chi connectivity index (χ0v) is 14.4. The van der Waals surface area contributed by atoms with Crippen molar-refractivity contribution in [1.82, 2.24) is 19.4 Å². The molecule has 0 saturated heterocycles. The Morgan fingerprint density at radius 2 is 1.88 bits per heavy atom. The number of aromatic nitrogens is 3. The van der Waals surface area contributed by atoms with E-state index in [1.54, 1.807) is 6.26 Å². The Bertz CT molecular complexity index is 984. The second-order valence-electron chi connectivity index (χ2n) is 6.12. The van der Waals surface area contributed by atoms with E-state index in [0.717, 1.165) is 41.1 Å². The lowest BCUT2D eigenvalue weighted by Crippen LogP contribution is -2.16. The Kier molecular flexibility index (Phi) is 4.07. The molecule has 0 unspecified atom stereocenters. The van der Waals surface area contributed by atoms with Crippen LogP contribution >= 0.6 is 0 Å². The van der Waals surface area contributed by atoms with Gasteiger partial charge < -0.3 is 9.32 Å². The van der Waals surface area contributed by atoms with E-state index in [9.17, 15) is 0 Å². The van der Waals surface area contributed by atoms with Crippen LogP contribution < -0.4 is 0 Å². The van der Waals surface area contributed by atoms with Crippen LogP contribution in [0.4, 0.5) is 0 Å². The van der Waals surface area contributed by atoms with Gasteiger partial charge in [0.25, 0.3) is 0 Å². The summed E-state index contributed by atoms with van der Waals surface area (Å²) in [4.78, 5) is 11.2. The first-order valence-electron chi connectivity index (χ1n) is 8.40. The summed E-state index contributed by atoms with van der Waals surface area (Å²) in [6, 6.07) is 16.3. The molecule has 0 radical (unpaired) electrons. The maximum absolute atomic E-state index is 5.64. The largest absolute Gasteiger partial charge is 0.444 e. The molecule has 0 saturated carbocycles. The highest BCUT2D eigenvalue weighted by Crippen LogP contribution is 2.23. The fourth-order valence-corrected chi connectivity index (χ4v) is 2.83. The smallest absolute Gasteiger partial charge is 0.226 e. The normalized spacial score (nSPS) is 11.5. The van der Waals surface area contributed by atoms with Gasteiger partial charge in [0.15, 0.2) is 0 Å². The Labute approximate surface area is 146 Å². The summed E-state index contributed by atoms with van der Waals surface area (Å²) in [6.07, 6.45) is 3.59. The summed E-state index contributed by atoms with van der Waals surface area (Å²) >= 11 is 0. The van der Waals surface area contributed by atoms with E-state index in [0.29, 0.717) is 5.89 Å². The molecule has 126 valence electrons. The van der Waals surface area contributed by atoms with Gasteiger partial charge in [-0.2, -0.15) is 0 Å². The van der Waals surface area contributed by atoms with Crippen molar-refractivity contribution in [2.75, 3.05) is 13.6 Å². The molecule has 0 atom stereocenters. The third kappa shape index (κ3) is 3.06. The van der Waals surface area contributed by atoms with Crippen LogP contribution in [0.15, 0.2) is 65.5 Å². The topological polar surface area (TPSA) is 47.1 Å². The molecule has 25 heavy (non-hydrogen) atoms. The molecule has 0 fully saturated rings. The average Bonchev–Trinajstić information content (AvgIpc) is 3.29. The van der Waals surface area contributed by atoms with Crippen molar-refractivity contribution in [3.63, 3.8) is 0 Å². The van der Waals surface area contributed by atoms with Crippen LogP contribution in [0.1, 0.15) is 12.6 Å². The first-order valence-corrected chi connectivity index (χ1v) is 8.40. The molecule has 2 aromatic carbocycles. The molecule has 0 bridgehead atoms. The van der Waals surface area contributed by atoms with Gasteiger partial charge in [-0.3, -0.25) is 4.57 Å². The van der Waals surface area contributed by atoms with Crippen LogP contribution in [0, 0.1) is 0 Å². The maximum atomic E-state index is 5.64. The van der Waals surface area contributed by atoms with Gasteiger partial charge in [0.05, 0.1) is 16.7 Å². The van der Waals surface area contributed by atoms with Gasteiger partial charge >= 0.3 is 0 Å². The molecule has 0 spiro atoms. The van der Waals surface area contributed by atoms with Crippen molar-refractivity contribution >= 4 is 11.0 Å². The van der Waals surface area contributed by atoms with Crippen LogP contribution in [-0.4, -0.2) is 33.0 Å². The van der Waals surface area contributed by atoms with E-state index < -0.39 is 0 Å². The number of fused-ring (bicyclic) bond motifs is 1. The van der Waals surface area contributed by atoms with E-state index in [4.69, 9.17) is 4.42 Å². The van der Waals surface area contributed by atoms with Gasteiger partial charge in [-0.25, -0.2) is 9.97 Å². The monoisotopic (exact) mass is 332 g/mol.